The van der Waals surface area contributed by atoms with Gasteiger partial charge in [0.2, 0.25) is 0 Å². The number of hydrogen-bond acceptors (Lipinski definition) is 6. The Labute approximate surface area is 225 Å². The predicted molar refractivity (Wildman–Crippen MR) is 149 cm³/mol. The van der Waals surface area contributed by atoms with Gasteiger partial charge in [0.1, 0.15) is 5.00 Å². The lowest BCUT2D eigenvalue weighted by Gasteiger charge is -2.43. The average molecular weight is 532 g/mol. The average Bonchev–Trinajstić information content (AvgIpc) is 3.57. The number of aliphatic hydroxyl groups is 1. The molecule has 0 radical (unpaired) electrons. The molecule has 0 aliphatic carbocycles. The maximum atomic E-state index is 13.6. The minimum atomic E-state index is -1.40. The molecule has 2 fully saturated rings. The van der Waals surface area contributed by atoms with E-state index >= 15 is 0 Å². The largest absolute Gasteiger partial charge is 0.379 e. The second kappa shape index (κ2) is 10.1. The zero-order valence-corrected chi connectivity index (χ0v) is 22.4. The summed E-state index contributed by atoms with van der Waals surface area (Å²) < 4.78 is 3.68. The van der Waals surface area contributed by atoms with Crippen LogP contribution in [0.5, 0.6) is 0 Å². The van der Waals surface area contributed by atoms with E-state index in [9.17, 15) is 14.7 Å². The van der Waals surface area contributed by atoms with Gasteiger partial charge in [-0.3, -0.25) is 18.7 Å². The van der Waals surface area contributed by atoms with E-state index in [1.54, 1.807) is 22.2 Å². The summed E-state index contributed by atoms with van der Waals surface area (Å²) in [6.07, 6.45) is 5.54. The Morgan fingerprint density at radius 2 is 1.95 bits per heavy atom. The number of likely N-dealkylation sites (tertiary alicyclic amines) is 1. The van der Waals surface area contributed by atoms with Crippen LogP contribution >= 0.6 is 11.3 Å². The Morgan fingerprint density at radius 3 is 2.68 bits per heavy atom. The van der Waals surface area contributed by atoms with Gasteiger partial charge in [-0.1, -0.05) is 30.3 Å². The topological polar surface area (TPSA) is 92.4 Å². The zero-order valence-electron chi connectivity index (χ0n) is 21.5. The smallest absolute Gasteiger partial charge is 0.262 e. The van der Waals surface area contributed by atoms with Crippen LogP contribution in [0.3, 0.4) is 0 Å². The lowest BCUT2D eigenvalue weighted by molar-refractivity contribution is -0.158. The second-order valence-corrected chi connectivity index (χ2v) is 11.9. The van der Waals surface area contributed by atoms with E-state index in [-0.39, 0.29) is 23.3 Å². The van der Waals surface area contributed by atoms with Crippen LogP contribution in [-0.2, 0) is 11.3 Å². The first kappa shape index (κ1) is 25.0. The number of fused-ring (bicyclic) bond motifs is 1. The van der Waals surface area contributed by atoms with E-state index in [4.69, 9.17) is 0 Å². The molecule has 8 nitrogen and oxygen atoms in total. The number of benzene rings is 1. The quantitative estimate of drug-likeness (QED) is 0.412. The highest BCUT2D eigenvalue weighted by Crippen LogP contribution is 2.36. The molecule has 6 rings (SSSR count). The predicted octanol–water partition coefficient (Wildman–Crippen LogP) is 3.30. The number of nitrogens with one attached hydrogen (secondary N) is 1. The summed E-state index contributed by atoms with van der Waals surface area (Å²) in [4.78, 5) is 34.5. The summed E-state index contributed by atoms with van der Waals surface area (Å²) in [6, 6.07) is 15.8. The van der Waals surface area contributed by atoms with E-state index in [2.05, 4.69) is 23.3 Å². The van der Waals surface area contributed by atoms with Crippen LogP contribution in [-0.4, -0.2) is 61.8 Å². The van der Waals surface area contributed by atoms with Crippen LogP contribution in [0.25, 0.3) is 16.0 Å². The third kappa shape index (κ3) is 4.48. The van der Waals surface area contributed by atoms with E-state index in [0.717, 1.165) is 23.4 Å². The molecule has 9 heteroatoms. The third-order valence-corrected chi connectivity index (χ3v) is 9.17. The standard InChI is InChI=1S/C29H33N5O3S/c1-20-7-8-25(38-20)34-16-11-23-26(34)31-19-33(27(23)35)18-21-9-14-32(15-10-21)28(36)29(37)12-13-30-17-24(29)22-5-3-2-4-6-22/h2-8,11,16,19,21,24,30,37H,9-10,12-15,17-18H2,1H3/t24-,29+/m0/s1. The number of aromatic nitrogens is 3. The molecular weight excluding hydrogens is 498 g/mol. The van der Waals surface area contributed by atoms with Gasteiger partial charge in [-0.25, -0.2) is 4.98 Å². The van der Waals surface area contributed by atoms with Gasteiger partial charge in [-0.2, -0.15) is 0 Å². The minimum absolute atomic E-state index is 0.0322. The van der Waals surface area contributed by atoms with Crippen LogP contribution in [0.2, 0.25) is 0 Å². The number of amides is 1. The molecule has 2 saturated heterocycles. The number of rotatable bonds is 5. The van der Waals surface area contributed by atoms with Crippen molar-refractivity contribution in [2.75, 3.05) is 26.2 Å². The minimum Gasteiger partial charge on any atom is -0.379 e. The van der Waals surface area contributed by atoms with Crippen molar-refractivity contribution in [2.45, 2.75) is 44.2 Å². The Hall–Kier alpha value is -3.27. The Balaban J connectivity index is 1.13. The highest BCUT2D eigenvalue weighted by atomic mass is 32.1. The van der Waals surface area contributed by atoms with Crippen LogP contribution in [0.15, 0.2) is 65.8 Å². The molecule has 0 unspecified atom stereocenters. The SMILES string of the molecule is Cc1ccc(-n2ccc3c(=O)n(CC4CCN(C(=O)[C@@]5(O)CCNC[C@H]5c5ccccc5)CC4)cnc32)s1. The first-order valence-electron chi connectivity index (χ1n) is 13.3. The molecule has 4 aromatic rings. The molecule has 0 bridgehead atoms. The normalized spacial score (nSPS) is 22.7. The Morgan fingerprint density at radius 1 is 1.16 bits per heavy atom. The van der Waals surface area contributed by atoms with Crippen molar-refractivity contribution in [3.05, 3.63) is 81.8 Å². The van der Waals surface area contributed by atoms with Gasteiger partial charge >= 0.3 is 0 Å². The van der Waals surface area contributed by atoms with Crippen LogP contribution < -0.4 is 10.9 Å². The number of carbonyl (C=O) groups excluding carboxylic acids is 1. The van der Waals surface area contributed by atoms with Crippen molar-refractivity contribution in [3.63, 3.8) is 0 Å². The fourth-order valence-corrected chi connectivity index (χ4v) is 6.83. The van der Waals surface area contributed by atoms with Crippen LogP contribution in [0.4, 0.5) is 0 Å². The van der Waals surface area contributed by atoms with Crippen molar-refractivity contribution in [1.29, 1.82) is 0 Å². The molecule has 5 heterocycles. The van der Waals surface area contributed by atoms with E-state index in [0.29, 0.717) is 50.2 Å². The molecule has 0 spiro atoms. The summed E-state index contributed by atoms with van der Waals surface area (Å²) in [5.41, 5.74) is 0.224. The fraction of sp³-hybridized carbons (Fsp3) is 0.414. The van der Waals surface area contributed by atoms with Crippen molar-refractivity contribution < 1.29 is 9.90 Å². The first-order chi connectivity index (χ1) is 18.4. The summed E-state index contributed by atoms with van der Waals surface area (Å²) in [6.45, 7) is 5.00. The van der Waals surface area contributed by atoms with Crippen LogP contribution in [0, 0.1) is 12.8 Å². The monoisotopic (exact) mass is 531 g/mol. The molecule has 198 valence electrons. The van der Waals surface area contributed by atoms with E-state index < -0.39 is 5.60 Å². The van der Waals surface area contributed by atoms with Crippen molar-refractivity contribution >= 4 is 28.3 Å². The number of aryl methyl sites for hydroxylation is 1. The van der Waals surface area contributed by atoms with Gasteiger partial charge in [0.15, 0.2) is 11.2 Å². The highest BCUT2D eigenvalue weighted by Gasteiger charge is 2.48. The molecule has 2 aliphatic heterocycles. The number of carbonyl (C=O) groups is 1. The van der Waals surface area contributed by atoms with Gasteiger partial charge in [-0.15, -0.1) is 11.3 Å². The summed E-state index contributed by atoms with van der Waals surface area (Å²) in [5.74, 6) is -0.174. The molecule has 38 heavy (non-hydrogen) atoms. The number of piperidine rings is 2. The third-order valence-electron chi connectivity index (χ3n) is 8.17. The lowest BCUT2D eigenvalue weighted by Crippen LogP contribution is -2.59. The second-order valence-electron chi connectivity index (χ2n) is 10.6. The highest BCUT2D eigenvalue weighted by molar-refractivity contribution is 7.14. The number of hydrogen-bond donors (Lipinski definition) is 2. The molecule has 3 aromatic heterocycles. The summed E-state index contributed by atoms with van der Waals surface area (Å²) in [7, 11) is 0. The maximum Gasteiger partial charge on any atom is 0.262 e. The number of nitrogens with zero attached hydrogens (tertiary/aromatic N) is 4. The van der Waals surface area contributed by atoms with E-state index in [1.807, 2.05) is 58.1 Å². The lowest BCUT2D eigenvalue weighted by atomic mass is 9.76. The molecule has 2 N–H and O–H groups in total. The molecule has 0 saturated carbocycles. The van der Waals surface area contributed by atoms with E-state index in [1.165, 1.54) is 4.88 Å². The zero-order chi connectivity index (χ0) is 26.3. The number of thiophene rings is 1. The fourth-order valence-electron chi connectivity index (χ4n) is 5.99. The van der Waals surface area contributed by atoms with Crippen molar-refractivity contribution in [3.8, 4) is 5.00 Å². The molecule has 2 aliphatic rings. The van der Waals surface area contributed by atoms with Crippen molar-refractivity contribution in [1.82, 2.24) is 24.3 Å². The molecule has 2 atom stereocenters. The Kier molecular flexibility index (Phi) is 6.67. The van der Waals surface area contributed by atoms with Gasteiger partial charge in [0.25, 0.3) is 11.5 Å². The maximum absolute atomic E-state index is 13.6. The van der Waals surface area contributed by atoms with Gasteiger partial charge in [0, 0.05) is 43.2 Å². The van der Waals surface area contributed by atoms with Gasteiger partial charge in [0.05, 0.1) is 11.7 Å². The molecule has 1 aromatic carbocycles. The molecule has 1 amide bonds. The Bertz CT molecular complexity index is 1500. The van der Waals surface area contributed by atoms with Gasteiger partial charge in [-0.05, 0) is 62.4 Å². The van der Waals surface area contributed by atoms with Gasteiger partial charge < -0.3 is 15.3 Å². The first-order valence-corrected chi connectivity index (χ1v) is 14.2. The molecular formula is C29H33N5O3S. The summed E-state index contributed by atoms with van der Waals surface area (Å²) in [5, 5.41) is 16.6. The van der Waals surface area contributed by atoms with Crippen LogP contribution in [0.1, 0.15) is 35.6 Å². The van der Waals surface area contributed by atoms with Crippen molar-refractivity contribution in [2.24, 2.45) is 5.92 Å². The summed E-state index contributed by atoms with van der Waals surface area (Å²) >= 11 is 1.67.